The molecule has 4 aliphatic carbocycles. The molecule has 4 saturated carbocycles. The van der Waals surface area contributed by atoms with E-state index in [0.717, 1.165) is 54.8 Å². The molecule has 0 heterocycles. The van der Waals surface area contributed by atoms with Crippen LogP contribution in [0.5, 0.6) is 0 Å². The number of carbonyl (C=O) groups is 1. The summed E-state index contributed by atoms with van der Waals surface area (Å²) in [7, 11) is 0. The number of carbonyl (C=O) groups excluding carboxylic acids is 1. The normalized spacial score (nSPS) is 47.6. The third kappa shape index (κ3) is 3.79. The van der Waals surface area contributed by atoms with Gasteiger partial charge in [-0.1, -0.05) is 20.8 Å². The predicted molar refractivity (Wildman–Crippen MR) is 116 cm³/mol. The minimum absolute atomic E-state index is 0.0397. The van der Waals surface area contributed by atoms with Crippen LogP contribution in [0.2, 0.25) is 0 Å². The van der Waals surface area contributed by atoms with E-state index >= 15 is 0 Å². The number of aliphatic hydroxyl groups is 1. The van der Waals surface area contributed by atoms with Gasteiger partial charge < -0.3 is 9.84 Å². The van der Waals surface area contributed by atoms with Crippen molar-refractivity contribution in [2.75, 3.05) is 6.61 Å². The van der Waals surface area contributed by atoms with Crippen molar-refractivity contribution >= 4 is 5.97 Å². The van der Waals surface area contributed by atoms with E-state index in [4.69, 9.17) is 4.74 Å². The summed E-state index contributed by atoms with van der Waals surface area (Å²) in [5.41, 5.74) is 0.997. The van der Waals surface area contributed by atoms with Gasteiger partial charge in [0.05, 0.1) is 12.7 Å². The fraction of sp³-hybridized carbons (Fsp3) is 0.962. The Morgan fingerprint density at radius 2 is 1.76 bits per heavy atom. The standard InChI is InChI=1S/C26H44O3/c1-17(6-5-15-29-18(2)27)22-9-10-23-21-8-7-19-16-20(28)11-13-25(19,3)24(21)12-14-26(22,23)4/h17,19-24,28H,5-16H2,1-4H3/t17-,19?,20-,21+,22-,23+,24+,25+,26-/m1/s1. The zero-order chi connectivity index (χ0) is 20.8. The summed E-state index contributed by atoms with van der Waals surface area (Å²) in [5.74, 6) is 4.90. The maximum Gasteiger partial charge on any atom is 0.302 e. The molecule has 0 saturated heterocycles. The third-order valence-electron chi connectivity index (χ3n) is 10.5. The highest BCUT2D eigenvalue weighted by molar-refractivity contribution is 5.65. The molecule has 4 fully saturated rings. The van der Waals surface area contributed by atoms with Gasteiger partial charge in [0, 0.05) is 6.92 Å². The maximum absolute atomic E-state index is 11.0. The Bertz CT molecular complexity index is 603. The van der Waals surface area contributed by atoms with Gasteiger partial charge in [0.25, 0.3) is 0 Å². The summed E-state index contributed by atoms with van der Waals surface area (Å²) in [6, 6.07) is 0. The lowest BCUT2D eigenvalue weighted by molar-refractivity contribution is -0.141. The molecule has 0 radical (unpaired) electrons. The first kappa shape index (κ1) is 21.7. The lowest BCUT2D eigenvalue weighted by Gasteiger charge is -2.61. The summed E-state index contributed by atoms with van der Waals surface area (Å²) < 4.78 is 5.17. The van der Waals surface area contributed by atoms with E-state index in [1.807, 2.05) is 0 Å². The SMILES string of the molecule is CC(=O)OCCC[C@@H](C)[C@H]1CC[C@H]2[C@@H]3CCC4C[C@H](O)CC[C@]4(C)[C@H]3CC[C@]12C. The van der Waals surface area contributed by atoms with Crippen molar-refractivity contribution in [1.82, 2.24) is 0 Å². The zero-order valence-electron chi connectivity index (χ0n) is 19.3. The quantitative estimate of drug-likeness (QED) is 0.452. The van der Waals surface area contributed by atoms with E-state index in [1.165, 1.54) is 58.3 Å². The highest BCUT2D eigenvalue weighted by atomic mass is 16.5. The largest absolute Gasteiger partial charge is 0.466 e. The highest BCUT2D eigenvalue weighted by Gasteiger charge is 2.60. The zero-order valence-corrected chi connectivity index (χ0v) is 19.3. The molecule has 166 valence electrons. The predicted octanol–water partition coefficient (Wildman–Crippen LogP) is 5.99. The molecule has 29 heavy (non-hydrogen) atoms. The summed E-state index contributed by atoms with van der Waals surface area (Å²) in [6.07, 6.45) is 13.9. The van der Waals surface area contributed by atoms with Crippen LogP contribution in [-0.2, 0) is 9.53 Å². The Balaban J connectivity index is 1.42. The van der Waals surface area contributed by atoms with Crippen molar-refractivity contribution in [3.05, 3.63) is 0 Å². The molecule has 4 rings (SSSR count). The highest BCUT2D eigenvalue weighted by Crippen LogP contribution is 2.68. The van der Waals surface area contributed by atoms with Crippen LogP contribution in [0.15, 0.2) is 0 Å². The Morgan fingerprint density at radius 1 is 1.03 bits per heavy atom. The molecule has 1 unspecified atom stereocenters. The van der Waals surface area contributed by atoms with Gasteiger partial charge in [0.2, 0.25) is 0 Å². The fourth-order valence-electron chi connectivity index (χ4n) is 9.03. The summed E-state index contributed by atoms with van der Waals surface area (Å²) >= 11 is 0. The lowest BCUT2D eigenvalue weighted by atomic mass is 9.44. The number of fused-ring (bicyclic) bond motifs is 5. The van der Waals surface area contributed by atoms with Crippen LogP contribution in [-0.4, -0.2) is 23.8 Å². The van der Waals surface area contributed by atoms with E-state index in [9.17, 15) is 9.90 Å². The molecule has 0 aromatic carbocycles. The molecule has 0 aliphatic heterocycles. The Kier molecular flexibility index (Phi) is 6.10. The molecular weight excluding hydrogens is 360 g/mol. The molecule has 0 aromatic rings. The minimum Gasteiger partial charge on any atom is -0.466 e. The van der Waals surface area contributed by atoms with Crippen molar-refractivity contribution in [3.63, 3.8) is 0 Å². The molecule has 9 atom stereocenters. The van der Waals surface area contributed by atoms with Crippen molar-refractivity contribution in [1.29, 1.82) is 0 Å². The molecular formula is C26H44O3. The molecule has 3 nitrogen and oxygen atoms in total. The first-order chi connectivity index (χ1) is 13.8. The molecule has 3 heteroatoms. The van der Waals surface area contributed by atoms with Crippen LogP contribution in [0, 0.1) is 46.3 Å². The molecule has 0 spiro atoms. The number of aliphatic hydroxyl groups excluding tert-OH is 1. The van der Waals surface area contributed by atoms with Crippen LogP contribution in [0.25, 0.3) is 0 Å². The topological polar surface area (TPSA) is 46.5 Å². The van der Waals surface area contributed by atoms with Crippen LogP contribution < -0.4 is 0 Å². The first-order valence-electron chi connectivity index (χ1n) is 12.6. The molecule has 0 aromatic heterocycles. The van der Waals surface area contributed by atoms with E-state index in [0.29, 0.717) is 17.4 Å². The van der Waals surface area contributed by atoms with E-state index in [1.54, 1.807) is 0 Å². The van der Waals surface area contributed by atoms with Gasteiger partial charge in [-0.05, 0) is 117 Å². The van der Waals surface area contributed by atoms with Crippen molar-refractivity contribution in [2.45, 2.75) is 104 Å². The molecule has 0 bridgehead atoms. The van der Waals surface area contributed by atoms with E-state index < -0.39 is 0 Å². The first-order valence-corrected chi connectivity index (χ1v) is 12.6. The summed E-state index contributed by atoms with van der Waals surface area (Å²) in [4.78, 5) is 11.0. The summed E-state index contributed by atoms with van der Waals surface area (Å²) in [5, 5.41) is 10.2. The number of rotatable bonds is 5. The Labute approximate surface area is 178 Å². The number of hydrogen-bond donors (Lipinski definition) is 1. The molecule has 0 amide bonds. The number of ether oxygens (including phenoxy) is 1. The number of hydrogen-bond acceptors (Lipinski definition) is 3. The van der Waals surface area contributed by atoms with Crippen LogP contribution in [0.4, 0.5) is 0 Å². The molecule has 4 aliphatic rings. The average molecular weight is 405 g/mol. The second kappa shape index (κ2) is 8.17. The minimum atomic E-state index is -0.150. The van der Waals surface area contributed by atoms with Crippen molar-refractivity contribution in [2.24, 2.45) is 46.3 Å². The van der Waals surface area contributed by atoms with Gasteiger partial charge in [-0.25, -0.2) is 0 Å². The van der Waals surface area contributed by atoms with Gasteiger partial charge in [0.15, 0.2) is 0 Å². The number of esters is 1. The Hall–Kier alpha value is -0.570. The maximum atomic E-state index is 11.0. The lowest BCUT2D eigenvalue weighted by Crippen LogP contribution is -2.54. The Morgan fingerprint density at radius 3 is 2.52 bits per heavy atom. The van der Waals surface area contributed by atoms with Gasteiger partial charge >= 0.3 is 5.97 Å². The molecule has 1 N–H and O–H groups in total. The monoisotopic (exact) mass is 404 g/mol. The van der Waals surface area contributed by atoms with Gasteiger partial charge in [-0.3, -0.25) is 4.79 Å². The van der Waals surface area contributed by atoms with E-state index in [-0.39, 0.29) is 12.1 Å². The average Bonchev–Trinajstić information content (AvgIpc) is 3.03. The van der Waals surface area contributed by atoms with E-state index in [2.05, 4.69) is 20.8 Å². The third-order valence-corrected chi connectivity index (χ3v) is 10.5. The van der Waals surface area contributed by atoms with Crippen molar-refractivity contribution < 1.29 is 14.6 Å². The van der Waals surface area contributed by atoms with Crippen LogP contribution >= 0.6 is 0 Å². The fourth-order valence-corrected chi connectivity index (χ4v) is 9.03. The van der Waals surface area contributed by atoms with Gasteiger partial charge in [0.1, 0.15) is 0 Å². The van der Waals surface area contributed by atoms with Crippen LogP contribution in [0.3, 0.4) is 0 Å². The van der Waals surface area contributed by atoms with Crippen LogP contribution in [0.1, 0.15) is 98.3 Å². The summed E-state index contributed by atoms with van der Waals surface area (Å²) in [6.45, 7) is 9.77. The smallest absolute Gasteiger partial charge is 0.302 e. The van der Waals surface area contributed by atoms with Gasteiger partial charge in [-0.2, -0.15) is 0 Å². The van der Waals surface area contributed by atoms with Gasteiger partial charge in [-0.15, -0.1) is 0 Å². The second-order valence-electron chi connectivity index (χ2n) is 11.8. The second-order valence-corrected chi connectivity index (χ2v) is 11.8. The van der Waals surface area contributed by atoms with Crippen molar-refractivity contribution in [3.8, 4) is 0 Å².